The average Bonchev–Trinajstić information content (AvgIpc) is 2.47. The molecule has 0 aliphatic rings. The summed E-state index contributed by atoms with van der Waals surface area (Å²) in [5.41, 5.74) is 6.28. The van der Waals surface area contributed by atoms with Crippen LogP contribution in [0.4, 0.5) is 5.69 Å². The Hall–Kier alpha value is -2.62. The van der Waals surface area contributed by atoms with Crippen molar-refractivity contribution in [3.8, 4) is 0 Å². The largest absolute Gasteiger partial charge is 0.378 e. The van der Waals surface area contributed by atoms with Gasteiger partial charge in [0.25, 0.3) is 5.91 Å². The van der Waals surface area contributed by atoms with Crippen molar-refractivity contribution in [2.75, 3.05) is 19.0 Å². The number of rotatable bonds is 4. The van der Waals surface area contributed by atoms with E-state index in [4.69, 9.17) is 0 Å². The second-order valence-corrected chi connectivity index (χ2v) is 5.05. The molecule has 2 rings (SSSR count). The second-order valence-electron chi connectivity index (χ2n) is 5.05. The summed E-state index contributed by atoms with van der Waals surface area (Å²) < 4.78 is 0. The molecule has 0 atom stereocenters. The van der Waals surface area contributed by atoms with E-state index in [1.54, 1.807) is 18.3 Å². The van der Waals surface area contributed by atoms with Crippen molar-refractivity contribution in [3.63, 3.8) is 0 Å². The molecule has 1 N–H and O–H groups in total. The van der Waals surface area contributed by atoms with Gasteiger partial charge in [0.2, 0.25) is 0 Å². The summed E-state index contributed by atoms with van der Waals surface area (Å²) >= 11 is 0. The number of anilines is 1. The van der Waals surface area contributed by atoms with Crippen LogP contribution in [0.5, 0.6) is 0 Å². The molecular formula is C17H19N3O. The van der Waals surface area contributed by atoms with Crippen LogP contribution in [0.15, 0.2) is 53.6 Å². The van der Waals surface area contributed by atoms with Gasteiger partial charge < -0.3 is 4.90 Å². The Bertz CT molecular complexity index is 645. The summed E-state index contributed by atoms with van der Waals surface area (Å²) in [6, 6.07) is 15.3. The average molecular weight is 281 g/mol. The van der Waals surface area contributed by atoms with E-state index >= 15 is 0 Å². The number of hydrogen-bond acceptors (Lipinski definition) is 3. The van der Waals surface area contributed by atoms with Crippen LogP contribution in [0, 0.1) is 6.92 Å². The van der Waals surface area contributed by atoms with Gasteiger partial charge in [-0.25, -0.2) is 5.43 Å². The maximum Gasteiger partial charge on any atom is 0.271 e. The molecule has 0 saturated heterocycles. The Balaban J connectivity index is 1.98. The monoisotopic (exact) mass is 281 g/mol. The van der Waals surface area contributed by atoms with Crippen molar-refractivity contribution < 1.29 is 4.79 Å². The lowest BCUT2D eigenvalue weighted by Crippen LogP contribution is -2.17. The Morgan fingerprint density at radius 3 is 2.48 bits per heavy atom. The van der Waals surface area contributed by atoms with Crippen LogP contribution >= 0.6 is 0 Å². The summed E-state index contributed by atoms with van der Waals surface area (Å²) in [6.07, 6.45) is 1.64. The molecule has 0 saturated carbocycles. The molecule has 1 amide bonds. The molecule has 0 aliphatic carbocycles. The van der Waals surface area contributed by atoms with Crippen molar-refractivity contribution >= 4 is 17.8 Å². The van der Waals surface area contributed by atoms with E-state index in [0.29, 0.717) is 5.56 Å². The van der Waals surface area contributed by atoms with Gasteiger partial charge in [-0.3, -0.25) is 4.79 Å². The molecule has 4 nitrogen and oxygen atoms in total. The first kappa shape index (κ1) is 14.8. The van der Waals surface area contributed by atoms with E-state index in [2.05, 4.69) is 10.5 Å². The van der Waals surface area contributed by atoms with Gasteiger partial charge >= 0.3 is 0 Å². The number of hydrogen-bond donors (Lipinski definition) is 1. The SMILES string of the molecule is Cc1cccc(/C=N/NC(=O)c2ccc(N(C)C)cc2)c1. The molecule has 21 heavy (non-hydrogen) atoms. The number of nitrogens with zero attached hydrogens (tertiary/aromatic N) is 2. The third kappa shape index (κ3) is 4.18. The van der Waals surface area contributed by atoms with Crippen LogP contribution in [0.3, 0.4) is 0 Å². The number of nitrogens with one attached hydrogen (secondary N) is 1. The maximum atomic E-state index is 11.9. The van der Waals surface area contributed by atoms with Crippen LogP contribution in [-0.4, -0.2) is 26.2 Å². The van der Waals surface area contributed by atoms with E-state index < -0.39 is 0 Å². The molecule has 4 heteroatoms. The molecule has 0 fully saturated rings. The normalized spacial score (nSPS) is 10.6. The molecule has 0 spiro atoms. The smallest absolute Gasteiger partial charge is 0.271 e. The quantitative estimate of drug-likeness (QED) is 0.692. The number of amides is 1. The zero-order valence-corrected chi connectivity index (χ0v) is 12.5. The Morgan fingerprint density at radius 1 is 1.14 bits per heavy atom. The molecule has 0 radical (unpaired) electrons. The summed E-state index contributed by atoms with van der Waals surface area (Å²) in [5, 5.41) is 3.98. The minimum absolute atomic E-state index is 0.218. The molecule has 0 bridgehead atoms. The molecule has 0 unspecified atom stereocenters. The predicted octanol–water partition coefficient (Wildman–Crippen LogP) is 2.82. The highest BCUT2D eigenvalue weighted by molar-refractivity contribution is 5.95. The summed E-state index contributed by atoms with van der Waals surface area (Å²) in [7, 11) is 3.92. The first-order chi connectivity index (χ1) is 10.1. The van der Waals surface area contributed by atoms with Crippen LogP contribution < -0.4 is 10.3 Å². The van der Waals surface area contributed by atoms with Gasteiger partial charge in [-0.1, -0.05) is 29.8 Å². The van der Waals surface area contributed by atoms with Gasteiger partial charge in [-0.2, -0.15) is 5.10 Å². The summed E-state index contributed by atoms with van der Waals surface area (Å²) in [6.45, 7) is 2.02. The van der Waals surface area contributed by atoms with Gasteiger partial charge in [0.1, 0.15) is 0 Å². The fourth-order valence-corrected chi connectivity index (χ4v) is 1.89. The van der Waals surface area contributed by atoms with Gasteiger partial charge in [-0.05, 0) is 36.8 Å². The van der Waals surface area contributed by atoms with Gasteiger partial charge in [-0.15, -0.1) is 0 Å². The van der Waals surface area contributed by atoms with Crippen molar-refractivity contribution in [1.29, 1.82) is 0 Å². The van der Waals surface area contributed by atoms with E-state index in [1.165, 1.54) is 0 Å². The first-order valence-corrected chi connectivity index (χ1v) is 6.74. The number of hydrazone groups is 1. The van der Waals surface area contributed by atoms with Gasteiger partial charge in [0.05, 0.1) is 6.21 Å². The van der Waals surface area contributed by atoms with E-state index in [1.807, 2.05) is 62.3 Å². The molecule has 2 aromatic carbocycles. The number of carbonyl (C=O) groups excluding carboxylic acids is 1. The van der Waals surface area contributed by atoms with Crippen molar-refractivity contribution in [2.24, 2.45) is 5.10 Å². The zero-order valence-electron chi connectivity index (χ0n) is 12.5. The zero-order chi connectivity index (χ0) is 15.2. The number of aryl methyl sites for hydroxylation is 1. The lowest BCUT2D eigenvalue weighted by atomic mass is 10.2. The third-order valence-electron chi connectivity index (χ3n) is 3.07. The van der Waals surface area contributed by atoms with Crippen LogP contribution in [0.2, 0.25) is 0 Å². The fraction of sp³-hybridized carbons (Fsp3) is 0.176. The third-order valence-corrected chi connectivity index (χ3v) is 3.07. The molecule has 108 valence electrons. The van der Waals surface area contributed by atoms with Crippen LogP contribution in [0.1, 0.15) is 21.5 Å². The van der Waals surface area contributed by atoms with Crippen molar-refractivity contribution in [3.05, 3.63) is 65.2 Å². The van der Waals surface area contributed by atoms with Gasteiger partial charge in [0, 0.05) is 25.3 Å². The molecule has 0 heterocycles. The Kier molecular flexibility index (Phi) is 4.72. The molecule has 2 aromatic rings. The topological polar surface area (TPSA) is 44.7 Å². The summed E-state index contributed by atoms with van der Waals surface area (Å²) in [5.74, 6) is -0.218. The molecule has 0 aromatic heterocycles. The lowest BCUT2D eigenvalue weighted by Gasteiger charge is -2.12. The molecular weight excluding hydrogens is 262 g/mol. The van der Waals surface area contributed by atoms with Crippen LogP contribution in [-0.2, 0) is 0 Å². The minimum Gasteiger partial charge on any atom is -0.378 e. The van der Waals surface area contributed by atoms with E-state index in [9.17, 15) is 4.79 Å². The minimum atomic E-state index is -0.218. The van der Waals surface area contributed by atoms with Crippen LogP contribution in [0.25, 0.3) is 0 Å². The standard InChI is InChI=1S/C17H19N3O/c1-13-5-4-6-14(11-13)12-18-19-17(21)15-7-9-16(10-8-15)20(2)3/h4-12H,1-3H3,(H,19,21)/b18-12+. The number of carbonyl (C=O) groups is 1. The number of benzene rings is 2. The van der Waals surface area contributed by atoms with Gasteiger partial charge in [0.15, 0.2) is 0 Å². The predicted molar refractivity (Wildman–Crippen MR) is 87.0 cm³/mol. The Morgan fingerprint density at radius 2 is 1.86 bits per heavy atom. The highest BCUT2D eigenvalue weighted by Crippen LogP contribution is 2.12. The van der Waals surface area contributed by atoms with E-state index in [-0.39, 0.29) is 5.91 Å². The molecule has 0 aliphatic heterocycles. The second kappa shape index (κ2) is 6.70. The summed E-state index contributed by atoms with van der Waals surface area (Å²) in [4.78, 5) is 13.9. The Labute approximate surface area is 125 Å². The van der Waals surface area contributed by atoms with Crippen molar-refractivity contribution in [1.82, 2.24) is 5.43 Å². The van der Waals surface area contributed by atoms with E-state index in [0.717, 1.165) is 16.8 Å². The fourth-order valence-electron chi connectivity index (χ4n) is 1.89. The highest BCUT2D eigenvalue weighted by Gasteiger charge is 2.04. The van der Waals surface area contributed by atoms with Crippen molar-refractivity contribution in [2.45, 2.75) is 6.92 Å². The first-order valence-electron chi connectivity index (χ1n) is 6.74. The maximum absolute atomic E-state index is 11.9. The lowest BCUT2D eigenvalue weighted by molar-refractivity contribution is 0.0955. The highest BCUT2D eigenvalue weighted by atomic mass is 16.2.